The van der Waals surface area contributed by atoms with Crippen LogP contribution in [0.25, 0.3) is 0 Å². The average Bonchev–Trinajstić information content (AvgIpc) is 2.19. The van der Waals surface area contributed by atoms with Gasteiger partial charge in [-0.25, -0.2) is 0 Å². The van der Waals surface area contributed by atoms with Crippen molar-refractivity contribution in [3.63, 3.8) is 0 Å². The van der Waals surface area contributed by atoms with Gasteiger partial charge in [-0.05, 0) is 19.9 Å². The lowest BCUT2D eigenvalue weighted by atomic mass is 10.1. The van der Waals surface area contributed by atoms with Crippen molar-refractivity contribution in [1.29, 1.82) is 0 Å². The Morgan fingerprint density at radius 1 is 1.43 bits per heavy atom. The monoisotopic (exact) mass is 190 g/mol. The van der Waals surface area contributed by atoms with Crippen molar-refractivity contribution in [2.75, 3.05) is 6.61 Å². The van der Waals surface area contributed by atoms with Gasteiger partial charge in [0.1, 0.15) is 12.4 Å². The van der Waals surface area contributed by atoms with Gasteiger partial charge in [0.25, 0.3) is 0 Å². The minimum Gasteiger partial charge on any atom is -0.481 e. The molecule has 1 N–H and O–H groups in total. The Bertz CT molecular complexity index is 345. The molecule has 74 valence electrons. The van der Waals surface area contributed by atoms with Crippen molar-refractivity contribution in [3.05, 3.63) is 29.8 Å². The van der Waals surface area contributed by atoms with Crippen LogP contribution in [0.1, 0.15) is 25.5 Å². The van der Waals surface area contributed by atoms with E-state index in [1.807, 2.05) is 24.3 Å². The number of benzene rings is 1. The summed E-state index contributed by atoms with van der Waals surface area (Å²) in [6.07, 6.45) is -0.513. The summed E-state index contributed by atoms with van der Waals surface area (Å²) >= 11 is 0. The largest absolute Gasteiger partial charge is 0.481 e. The van der Waals surface area contributed by atoms with E-state index in [2.05, 4.69) is 11.8 Å². The van der Waals surface area contributed by atoms with Crippen molar-refractivity contribution in [3.8, 4) is 17.6 Å². The molecule has 0 saturated carbocycles. The molecule has 1 rings (SSSR count). The van der Waals surface area contributed by atoms with Crippen LogP contribution >= 0.6 is 0 Å². The fourth-order valence-electron chi connectivity index (χ4n) is 1.14. The summed E-state index contributed by atoms with van der Waals surface area (Å²) in [5.74, 6) is 6.26. The highest BCUT2D eigenvalue weighted by atomic mass is 16.5. The van der Waals surface area contributed by atoms with E-state index in [0.29, 0.717) is 12.4 Å². The lowest BCUT2D eigenvalue weighted by Crippen LogP contribution is -2.00. The summed E-state index contributed by atoms with van der Waals surface area (Å²) in [6, 6.07) is 7.43. The Balaban J connectivity index is 2.77. The van der Waals surface area contributed by atoms with Crippen LogP contribution in [0.2, 0.25) is 0 Å². The van der Waals surface area contributed by atoms with Crippen LogP contribution in [0.15, 0.2) is 24.3 Å². The van der Waals surface area contributed by atoms with Crippen molar-refractivity contribution in [2.45, 2.75) is 20.0 Å². The second kappa shape index (κ2) is 5.31. The molecule has 0 spiro atoms. The average molecular weight is 190 g/mol. The number of rotatable bonds is 3. The number of hydrogen-bond donors (Lipinski definition) is 1. The fourth-order valence-corrected chi connectivity index (χ4v) is 1.14. The van der Waals surface area contributed by atoms with Crippen LogP contribution in [0.5, 0.6) is 5.75 Å². The van der Waals surface area contributed by atoms with Gasteiger partial charge in [-0.2, -0.15) is 0 Å². The lowest BCUT2D eigenvalue weighted by molar-refractivity contribution is 0.193. The first-order valence-electron chi connectivity index (χ1n) is 4.55. The van der Waals surface area contributed by atoms with Crippen LogP contribution in [-0.2, 0) is 0 Å². The number of aliphatic hydroxyl groups excluding tert-OH is 1. The summed E-state index contributed by atoms with van der Waals surface area (Å²) in [4.78, 5) is 0. The maximum absolute atomic E-state index is 9.45. The van der Waals surface area contributed by atoms with Crippen molar-refractivity contribution in [1.82, 2.24) is 0 Å². The molecule has 0 radical (unpaired) electrons. The number of para-hydroxylation sites is 1. The van der Waals surface area contributed by atoms with E-state index in [1.165, 1.54) is 0 Å². The zero-order valence-electron chi connectivity index (χ0n) is 8.45. The van der Waals surface area contributed by atoms with Gasteiger partial charge in [0.15, 0.2) is 0 Å². The first-order chi connectivity index (χ1) is 6.75. The third kappa shape index (κ3) is 2.79. The van der Waals surface area contributed by atoms with Gasteiger partial charge in [-0.3, -0.25) is 0 Å². The van der Waals surface area contributed by atoms with Gasteiger partial charge in [0, 0.05) is 5.56 Å². The summed E-state index contributed by atoms with van der Waals surface area (Å²) in [5, 5.41) is 9.45. The molecule has 0 fully saturated rings. The Hall–Kier alpha value is -1.46. The summed E-state index contributed by atoms with van der Waals surface area (Å²) in [6.45, 7) is 3.85. The Morgan fingerprint density at radius 2 is 2.14 bits per heavy atom. The molecule has 0 amide bonds. The lowest BCUT2D eigenvalue weighted by Gasteiger charge is -2.10. The molecule has 1 unspecified atom stereocenters. The van der Waals surface area contributed by atoms with E-state index in [-0.39, 0.29) is 0 Å². The van der Waals surface area contributed by atoms with Crippen molar-refractivity contribution < 1.29 is 9.84 Å². The molecule has 1 aromatic carbocycles. The maximum atomic E-state index is 9.45. The second-order valence-electron chi connectivity index (χ2n) is 2.93. The Morgan fingerprint density at radius 3 is 2.79 bits per heavy atom. The van der Waals surface area contributed by atoms with E-state index in [1.54, 1.807) is 13.8 Å². The zero-order chi connectivity index (χ0) is 10.4. The highest BCUT2D eigenvalue weighted by Gasteiger charge is 2.06. The van der Waals surface area contributed by atoms with E-state index < -0.39 is 6.10 Å². The third-order valence-electron chi connectivity index (χ3n) is 1.85. The quantitative estimate of drug-likeness (QED) is 0.740. The molecule has 0 aromatic heterocycles. The molecule has 0 bridgehead atoms. The zero-order valence-corrected chi connectivity index (χ0v) is 8.45. The van der Waals surface area contributed by atoms with E-state index in [9.17, 15) is 5.11 Å². The van der Waals surface area contributed by atoms with E-state index in [0.717, 1.165) is 5.56 Å². The summed E-state index contributed by atoms with van der Waals surface area (Å²) < 4.78 is 5.41. The molecule has 14 heavy (non-hydrogen) atoms. The fraction of sp³-hybridized carbons (Fsp3) is 0.333. The molecule has 0 aliphatic heterocycles. The van der Waals surface area contributed by atoms with Crippen molar-refractivity contribution in [2.24, 2.45) is 0 Å². The standard InChI is InChI=1S/C12H14O2/c1-3-4-9-14-12-8-6-5-7-11(12)10(2)13/h5-8,10,13H,9H2,1-2H3. The second-order valence-corrected chi connectivity index (χ2v) is 2.93. The predicted octanol–water partition coefficient (Wildman–Crippen LogP) is 2.14. The molecule has 1 atom stereocenters. The number of ether oxygens (including phenoxy) is 1. The first kappa shape index (κ1) is 10.6. The van der Waals surface area contributed by atoms with Gasteiger partial charge in [0.05, 0.1) is 6.10 Å². The van der Waals surface area contributed by atoms with Crippen LogP contribution in [0.4, 0.5) is 0 Å². The highest BCUT2D eigenvalue weighted by Crippen LogP contribution is 2.24. The van der Waals surface area contributed by atoms with Gasteiger partial charge < -0.3 is 9.84 Å². The SMILES string of the molecule is CC#CCOc1ccccc1C(C)O. The van der Waals surface area contributed by atoms with Gasteiger partial charge in [0.2, 0.25) is 0 Å². The molecule has 1 aromatic rings. The van der Waals surface area contributed by atoms with Gasteiger partial charge in [-0.15, -0.1) is 5.92 Å². The maximum Gasteiger partial charge on any atom is 0.149 e. The molecule has 0 aliphatic rings. The normalized spacial score (nSPS) is 11.4. The molecule has 2 nitrogen and oxygen atoms in total. The Labute approximate surface area is 84.5 Å². The molecule has 2 heteroatoms. The smallest absolute Gasteiger partial charge is 0.149 e. The van der Waals surface area contributed by atoms with Crippen LogP contribution in [0, 0.1) is 11.8 Å². The molecule has 0 aliphatic carbocycles. The minimum atomic E-state index is -0.513. The first-order valence-corrected chi connectivity index (χ1v) is 4.55. The predicted molar refractivity (Wildman–Crippen MR) is 56.0 cm³/mol. The Kier molecular flexibility index (Phi) is 4.03. The third-order valence-corrected chi connectivity index (χ3v) is 1.85. The van der Waals surface area contributed by atoms with Crippen LogP contribution in [-0.4, -0.2) is 11.7 Å². The topological polar surface area (TPSA) is 29.5 Å². The molecular weight excluding hydrogens is 176 g/mol. The molecule has 0 saturated heterocycles. The molecule has 0 heterocycles. The van der Waals surface area contributed by atoms with Gasteiger partial charge in [-0.1, -0.05) is 24.1 Å². The van der Waals surface area contributed by atoms with Crippen molar-refractivity contribution >= 4 is 0 Å². The number of hydrogen-bond acceptors (Lipinski definition) is 2. The number of aliphatic hydroxyl groups is 1. The minimum absolute atomic E-state index is 0.361. The van der Waals surface area contributed by atoms with E-state index in [4.69, 9.17) is 4.74 Å². The van der Waals surface area contributed by atoms with E-state index >= 15 is 0 Å². The van der Waals surface area contributed by atoms with Crippen LogP contribution in [0.3, 0.4) is 0 Å². The highest BCUT2D eigenvalue weighted by molar-refractivity contribution is 5.34. The summed E-state index contributed by atoms with van der Waals surface area (Å²) in [5.41, 5.74) is 0.797. The van der Waals surface area contributed by atoms with Gasteiger partial charge >= 0.3 is 0 Å². The van der Waals surface area contributed by atoms with Crippen LogP contribution < -0.4 is 4.74 Å². The summed E-state index contributed by atoms with van der Waals surface area (Å²) in [7, 11) is 0. The molecular formula is C12H14O2.